The molecule has 1 unspecified atom stereocenters. The fourth-order valence-corrected chi connectivity index (χ4v) is 2.16. The number of aliphatic hydroxyl groups excluding tert-OH is 1. The van der Waals surface area contributed by atoms with Crippen LogP contribution < -0.4 is 4.90 Å². The summed E-state index contributed by atoms with van der Waals surface area (Å²) < 4.78 is 27.5. The van der Waals surface area contributed by atoms with Gasteiger partial charge in [0.2, 0.25) is 0 Å². The molecular formula is C16H17F2NO. The van der Waals surface area contributed by atoms with Crippen molar-refractivity contribution in [2.75, 3.05) is 11.9 Å². The Bertz CT molecular complexity index is 626. The monoisotopic (exact) mass is 277 g/mol. The molecule has 20 heavy (non-hydrogen) atoms. The van der Waals surface area contributed by atoms with E-state index >= 15 is 0 Å². The minimum Gasteiger partial charge on any atom is -0.389 e. The maximum atomic E-state index is 13.9. The van der Waals surface area contributed by atoms with Crippen LogP contribution in [0.1, 0.15) is 24.2 Å². The molecule has 0 heterocycles. The fourth-order valence-electron chi connectivity index (χ4n) is 2.16. The highest BCUT2D eigenvalue weighted by Gasteiger charge is 2.17. The molecular weight excluding hydrogens is 260 g/mol. The Hall–Kier alpha value is -1.94. The van der Waals surface area contributed by atoms with E-state index in [1.807, 2.05) is 0 Å². The predicted molar refractivity (Wildman–Crippen MR) is 76.2 cm³/mol. The molecule has 106 valence electrons. The number of benzene rings is 2. The highest BCUT2D eigenvalue weighted by Crippen LogP contribution is 2.33. The lowest BCUT2D eigenvalue weighted by Gasteiger charge is -2.25. The van der Waals surface area contributed by atoms with Crippen LogP contribution >= 0.6 is 0 Å². The molecule has 2 nitrogen and oxygen atoms in total. The molecule has 1 atom stereocenters. The van der Waals surface area contributed by atoms with Crippen LogP contribution in [0.5, 0.6) is 0 Å². The summed E-state index contributed by atoms with van der Waals surface area (Å²) in [6.45, 7) is 3.20. The van der Waals surface area contributed by atoms with Crippen molar-refractivity contribution < 1.29 is 13.9 Å². The molecule has 0 bridgehead atoms. The van der Waals surface area contributed by atoms with Crippen molar-refractivity contribution in [3.63, 3.8) is 0 Å². The van der Waals surface area contributed by atoms with Gasteiger partial charge in [0.1, 0.15) is 11.6 Å². The van der Waals surface area contributed by atoms with E-state index in [0.29, 0.717) is 22.5 Å². The number of aryl methyl sites for hydroxylation is 1. The molecule has 2 aromatic carbocycles. The number of nitrogens with zero attached hydrogens (tertiary/aromatic N) is 1. The molecule has 0 radical (unpaired) electrons. The number of hydrogen-bond acceptors (Lipinski definition) is 2. The molecule has 0 saturated carbocycles. The van der Waals surface area contributed by atoms with Gasteiger partial charge in [-0.3, -0.25) is 0 Å². The zero-order valence-electron chi connectivity index (χ0n) is 11.7. The minimum absolute atomic E-state index is 0.367. The van der Waals surface area contributed by atoms with Gasteiger partial charge < -0.3 is 10.0 Å². The number of rotatable bonds is 3. The van der Waals surface area contributed by atoms with E-state index in [2.05, 4.69) is 0 Å². The number of aliphatic hydroxyl groups is 1. The standard InChI is InChI=1S/C16H17F2NO/c1-10-8-16(12(11(2)20)9-14(10)18)19(3)15-7-5-4-6-13(15)17/h4-9,11,20H,1-3H3. The maximum absolute atomic E-state index is 13.9. The van der Waals surface area contributed by atoms with Gasteiger partial charge >= 0.3 is 0 Å². The van der Waals surface area contributed by atoms with Crippen molar-refractivity contribution in [3.05, 3.63) is 59.2 Å². The number of para-hydroxylation sites is 1. The first-order chi connectivity index (χ1) is 9.41. The second-order valence-electron chi connectivity index (χ2n) is 4.85. The van der Waals surface area contributed by atoms with E-state index in [1.165, 1.54) is 12.1 Å². The summed E-state index contributed by atoms with van der Waals surface area (Å²) in [5.74, 6) is -0.750. The van der Waals surface area contributed by atoms with Crippen molar-refractivity contribution in [3.8, 4) is 0 Å². The second kappa shape index (κ2) is 5.59. The fraction of sp³-hybridized carbons (Fsp3) is 0.250. The minimum atomic E-state index is -0.839. The molecule has 2 rings (SSSR count). The van der Waals surface area contributed by atoms with Gasteiger partial charge in [0.25, 0.3) is 0 Å². The summed E-state index contributed by atoms with van der Waals surface area (Å²) in [6, 6.07) is 9.26. The van der Waals surface area contributed by atoms with Gasteiger partial charge in [0.05, 0.1) is 11.8 Å². The Morgan fingerprint density at radius 1 is 1.05 bits per heavy atom. The number of halogens is 2. The molecule has 0 amide bonds. The third-order valence-corrected chi connectivity index (χ3v) is 3.33. The summed E-state index contributed by atoms with van der Waals surface area (Å²) in [4.78, 5) is 1.61. The van der Waals surface area contributed by atoms with Crippen LogP contribution in [-0.4, -0.2) is 12.2 Å². The summed E-state index contributed by atoms with van der Waals surface area (Å²) in [6.07, 6.45) is -0.839. The quantitative estimate of drug-likeness (QED) is 0.913. The van der Waals surface area contributed by atoms with E-state index in [-0.39, 0.29) is 11.6 Å². The van der Waals surface area contributed by atoms with Crippen molar-refractivity contribution in [1.82, 2.24) is 0 Å². The van der Waals surface area contributed by atoms with Gasteiger partial charge in [-0.05, 0) is 43.7 Å². The van der Waals surface area contributed by atoms with Crippen LogP contribution in [0.3, 0.4) is 0 Å². The Morgan fingerprint density at radius 3 is 2.30 bits per heavy atom. The molecule has 0 fully saturated rings. The lowest BCUT2D eigenvalue weighted by atomic mass is 10.0. The Morgan fingerprint density at radius 2 is 1.70 bits per heavy atom. The summed E-state index contributed by atoms with van der Waals surface area (Å²) >= 11 is 0. The molecule has 0 aliphatic carbocycles. The first-order valence-electron chi connectivity index (χ1n) is 6.38. The Balaban J connectivity index is 2.57. The normalized spacial score (nSPS) is 12.3. The van der Waals surface area contributed by atoms with E-state index < -0.39 is 6.10 Å². The first kappa shape index (κ1) is 14.5. The van der Waals surface area contributed by atoms with Crippen LogP contribution in [-0.2, 0) is 0 Å². The van der Waals surface area contributed by atoms with E-state index in [0.717, 1.165) is 0 Å². The van der Waals surface area contributed by atoms with Crippen LogP contribution in [0, 0.1) is 18.6 Å². The summed E-state index contributed by atoms with van der Waals surface area (Å²) in [5, 5.41) is 9.80. The smallest absolute Gasteiger partial charge is 0.146 e. The molecule has 0 aromatic heterocycles. The topological polar surface area (TPSA) is 23.5 Å². The van der Waals surface area contributed by atoms with Gasteiger partial charge in [-0.15, -0.1) is 0 Å². The maximum Gasteiger partial charge on any atom is 0.146 e. The number of hydrogen-bond donors (Lipinski definition) is 1. The Kier molecular flexibility index (Phi) is 4.04. The molecule has 2 aromatic rings. The molecule has 0 aliphatic rings. The molecule has 4 heteroatoms. The molecule has 0 saturated heterocycles. The van der Waals surface area contributed by atoms with Crippen molar-refractivity contribution in [2.45, 2.75) is 20.0 Å². The van der Waals surface area contributed by atoms with Gasteiger partial charge in [-0.1, -0.05) is 12.1 Å². The lowest BCUT2D eigenvalue weighted by Crippen LogP contribution is -2.15. The largest absolute Gasteiger partial charge is 0.389 e. The van der Waals surface area contributed by atoms with Crippen LogP contribution in [0.15, 0.2) is 36.4 Å². The van der Waals surface area contributed by atoms with Crippen molar-refractivity contribution in [2.24, 2.45) is 0 Å². The highest BCUT2D eigenvalue weighted by atomic mass is 19.1. The Labute approximate surface area is 117 Å². The van der Waals surface area contributed by atoms with Gasteiger partial charge in [-0.25, -0.2) is 8.78 Å². The van der Waals surface area contributed by atoms with Crippen LogP contribution in [0.25, 0.3) is 0 Å². The highest BCUT2D eigenvalue weighted by molar-refractivity contribution is 5.67. The van der Waals surface area contributed by atoms with E-state index in [4.69, 9.17) is 0 Å². The molecule has 0 spiro atoms. The lowest BCUT2D eigenvalue weighted by molar-refractivity contribution is 0.199. The van der Waals surface area contributed by atoms with E-state index in [1.54, 1.807) is 50.1 Å². The number of anilines is 2. The summed E-state index contributed by atoms with van der Waals surface area (Å²) in [7, 11) is 1.69. The predicted octanol–water partition coefficient (Wildman–Crippen LogP) is 4.09. The van der Waals surface area contributed by atoms with Gasteiger partial charge in [0.15, 0.2) is 0 Å². The SMILES string of the molecule is Cc1cc(N(C)c2ccccc2F)c(C(C)O)cc1F. The zero-order valence-corrected chi connectivity index (χ0v) is 11.7. The third kappa shape index (κ3) is 2.65. The molecule has 1 N–H and O–H groups in total. The van der Waals surface area contributed by atoms with Crippen LogP contribution in [0.4, 0.5) is 20.2 Å². The first-order valence-corrected chi connectivity index (χ1v) is 6.38. The van der Waals surface area contributed by atoms with Crippen molar-refractivity contribution >= 4 is 11.4 Å². The van der Waals surface area contributed by atoms with Gasteiger partial charge in [0, 0.05) is 18.3 Å². The van der Waals surface area contributed by atoms with Gasteiger partial charge in [-0.2, -0.15) is 0 Å². The second-order valence-corrected chi connectivity index (χ2v) is 4.85. The molecule has 0 aliphatic heterocycles. The zero-order chi connectivity index (χ0) is 14.9. The average molecular weight is 277 g/mol. The average Bonchev–Trinajstić information content (AvgIpc) is 2.41. The van der Waals surface area contributed by atoms with Crippen molar-refractivity contribution in [1.29, 1.82) is 0 Å². The van der Waals surface area contributed by atoms with E-state index in [9.17, 15) is 13.9 Å². The van der Waals surface area contributed by atoms with Crippen LogP contribution in [0.2, 0.25) is 0 Å². The third-order valence-electron chi connectivity index (χ3n) is 3.33. The summed E-state index contributed by atoms with van der Waals surface area (Å²) in [5.41, 5.74) is 1.84.